The minimum absolute atomic E-state index is 0.0170. The predicted octanol–water partition coefficient (Wildman–Crippen LogP) is 4.48. The van der Waals surface area contributed by atoms with Crippen molar-refractivity contribution in [3.8, 4) is 5.75 Å². The zero-order valence-corrected chi connectivity index (χ0v) is 13.8. The van der Waals surface area contributed by atoms with Crippen molar-refractivity contribution in [2.45, 2.75) is 13.1 Å². The zero-order chi connectivity index (χ0) is 19.2. The molecule has 136 valence electrons. The second-order valence-corrected chi connectivity index (χ2v) is 5.20. The molecule has 0 aromatic heterocycles. The van der Waals surface area contributed by atoms with Gasteiger partial charge in [0.05, 0.1) is 12.2 Å². The Morgan fingerprint density at radius 1 is 1.12 bits per heavy atom. The van der Waals surface area contributed by atoms with Gasteiger partial charge in [0.15, 0.2) is 5.78 Å². The van der Waals surface area contributed by atoms with Gasteiger partial charge in [-0.15, -0.1) is 0 Å². The first-order chi connectivity index (χ1) is 12.3. The Balaban J connectivity index is 2.15. The van der Waals surface area contributed by atoms with E-state index in [1.54, 1.807) is 42.6 Å². The first-order valence-electron chi connectivity index (χ1n) is 7.73. The molecule has 0 aliphatic rings. The standard InChI is InChI=1S/C19H16F3NO3/c1-2-26-17-9-4-3-8-15(17)16(24)11-10-13-6-5-7-14(12-13)23-18(25)19(20,21)22/h3-12H,2H2,1H3,(H,23,25)/b11-10+. The highest BCUT2D eigenvalue weighted by atomic mass is 19.4. The molecule has 2 aromatic carbocycles. The van der Waals surface area contributed by atoms with Gasteiger partial charge in [-0.05, 0) is 42.8 Å². The summed E-state index contributed by atoms with van der Waals surface area (Å²) >= 11 is 0. The van der Waals surface area contributed by atoms with Crippen molar-refractivity contribution in [3.63, 3.8) is 0 Å². The van der Waals surface area contributed by atoms with E-state index in [1.807, 2.05) is 0 Å². The van der Waals surface area contributed by atoms with Crippen LogP contribution < -0.4 is 10.1 Å². The van der Waals surface area contributed by atoms with Gasteiger partial charge in [0.1, 0.15) is 5.75 Å². The summed E-state index contributed by atoms with van der Waals surface area (Å²) < 4.78 is 42.3. The number of carbonyl (C=O) groups excluding carboxylic acids is 2. The van der Waals surface area contributed by atoms with Crippen molar-refractivity contribution >= 4 is 23.5 Å². The third kappa shape index (κ3) is 5.20. The fraction of sp³-hybridized carbons (Fsp3) is 0.158. The number of amides is 1. The molecule has 0 spiro atoms. The average molecular weight is 363 g/mol. The van der Waals surface area contributed by atoms with Gasteiger partial charge in [-0.1, -0.05) is 30.3 Å². The second-order valence-electron chi connectivity index (χ2n) is 5.20. The topological polar surface area (TPSA) is 55.4 Å². The van der Waals surface area contributed by atoms with Crippen molar-refractivity contribution in [1.82, 2.24) is 0 Å². The maximum absolute atomic E-state index is 12.3. The van der Waals surface area contributed by atoms with E-state index in [9.17, 15) is 22.8 Å². The van der Waals surface area contributed by atoms with Crippen LogP contribution in [-0.2, 0) is 4.79 Å². The van der Waals surface area contributed by atoms with E-state index in [-0.39, 0.29) is 11.5 Å². The molecule has 0 saturated carbocycles. The summed E-state index contributed by atoms with van der Waals surface area (Å²) in [6.07, 6.45) is -2.22. The van der Waals surface area contributed by atoms with Gasteiger partial charge in [0.25, 0.3) is 0 Å². The van der Waals surface area contributed by atoms with E-state index in [0.29, 0.717) is 23.5 Å². The van der Waals surface area contributed by atoms with Gasteiger partial charge in [-0.2, -0.15) is 13.2 Å². The molecule has 0 unspecified atom stereocenters. The number of benzene rings is 2. The Bertz CT molecular complexity index is 829. The molecule has 26 heavy (non-hydrogen) atoms. The summed E-state index contributed by atoms with van der Waals surface area (Å²) in [6.45, 7) is 2.22. The lowest BCUT2D eigenvalue weighted by molar-refractivity contribution is -0.167. The highest BCUT2D eigenvalue weighted by Gasteiger charge is 2.38. The number of ketones is 1. The first kappa shape index (κ1) is 19.2. The van der Waals surface area contributed by atoms with Crippen LogP contribution in [0.2, 0.25) is 0 Å². The number of hydrogen-bond acceptors (Lipinski definition) is 3. The number of allylic oxidation sites excluding steroid dienone is 1. The minimum atomic E-state index is -4.97. The van der Waals surface area contributed by atoms with E-state index in [0.717, 1.165) is 0 Å². The monoisotopic (exact) mass is 363 g/mol. The average Bonchev–Trinajstić information content (AvgIpc) is 2.60. The Morgan fingerprint density at radius 2 is 1.85 bits per heavy atom. The number of alkyl halides is 3. The fourth-order valence-electron chi connectivity index (χ4n) is 2.14. The third-order valence-electron chi connectivity index (χ3n) is 3.28. The number of ether oxygens (including phenoxy) is 1. The quantitative estimate of drug-likeness (QED) is 0.608. The van der Waals surface area contributed by atoms with Gasteiger partial charge in [-0.3, -0.25) is 9.59 Å². The Kier molecular flexibility index (Phi) is 6.16. The highest BCUT2D eigenvalue weighted by Crippen LogP contribution is 2.21. The van der Waals surface area contributed by atoms with Gasteiger partial charge < -0.3 is 10.1 Å². The summed E-state index contributed by atoms with van der Waals surface area (Å²) in [6, 6.07) is 12.5. The number of anilines is 1. The predicted molar refractivity (Wildman–Crippen MR) is 92.1 cm³/mol. The molecule has 0 saturated heterocycles. The third-order valence-corrected chi connectivity index (χ3v) is 3.28. The van der Waals surface area contributed by atoms with Crippen LogP contribution >= 0.6 is 0 Å². The number of halogens is 3. The summed E-state index contributed by atoms with van der Waals surface area (Å²) in [7, 11) is 0. The number of rotatable bonds is 6. The van der Waals surface area contributed by atoms with Crippen molar-refractivity contribution < 1.29 is 27.5 Å². The van der Waals surface area contributed by atoms with Crippen molar-refractivity contribution in [2.75, 3.05) is 11.9 Å². The molecule has 0 aliphatic heterocycles. The smallest absolute Gasteiger partial charge is 0.471 e. The molecular weight excluding hydrogens is 347 g/mol. The summed E-state index contributed by atoms with van der Waals surface area (Å²) in [5, 5.41) is 1.76. The van der Waals surface area contributed by atoms with E-state index in [2.05, 4.69) is 0 Å². The first-order valence-corrected chi connectivity index (χ1v) is 7.73. The maximum Gasteiger partial charge on any atom is 0.471 e. The van der Waals surface area contributed by atoms with Crippen LogP contribution in [0, 0.1) is 0 Å². The van der Waals surface area contributed by atoms with E-state index >= 15 is 0 Å². The molecule has 2 rings (SSSR count). The number of para-hydroxylation sites is 1. The Hall–Kier alpha value is -3.09. The van der Waals surface area contributed by atoms with Gasteiger partial charge in [0, 0.05) is 5.69 Å². The Labute approximate surface area is 148 Å². The van der Waals surface area contributed by atoms with E-state index < -0.39 is 12.1 Å². The molecule has 4 nitrogen and oxygen atoms in total. The van der Waals surface area contributed by atoms with Crippen LogP contribution in [0.4, 0.5) is 18.9 Å². The van der Waals surface area contributed by atoms with Gasteiger partial charge in [0.2, 0.25) is 0 Å². The normalized spacial score (nSPS) is 11.4. The summed E-state index contributed by atoms with van der Waals surface area (Å²) in [5.74, 6) is -1.91. The molecule has 2 aromatic rings. The molecule has 0 heterocycles. The van der Waals surface area contributed by atoms with Gasteiger partial charge >= 0.3 is 12.1 Å². The summed E-state index contributed by atoms with van der Waals surface area (Å²) in [4.78, 5) is 23.3. The summed E-state index contributed by atoms with van der Waals surface area (Å²) in [5.41, 5.74) is 0.830. The van der Waals surface area contributed by atoms with Gasteiger partial charge in [-0.25, -0.2) is 0 Å². The van der Waals surface area contributed by atoms with Crippen molar-refractivity contribution in [3.05, 3.63) is 65.7 Å². The maximum atomic E-state index is 12.3. The molecule has 0 fully saturated rings. The lowest BCUT2D eigenvalue weighted by Gasteiger charge is -2.08. The van der Waals surface area contributed by atoms with Crippen LogP contribution in [0.5, 0.6) is 5.75 Å². The fourth-order valence-corrected chi connectivity index (χ4v) is 2.14. The zero-order valence-electron chi connectivity index (χ0n) is 13.8. The number of nitrogens with one attached hydrogen (secondary N) is 1. The molecule has 1 N–H and O–H groups in total. The van der Waals surface area contributed by atoms with E-state index in [4.69, 9.17) is 4.74 Å². The van der Waals surface area contributed by atoms with Crippen LogP contribution in [0.1, 0.15) is 22.8 Å². The van der Waals surface area contributed by atoms with Crippen LogP contribution in [0.15, 0.2) is 54.6 Å². The van der Waals surface area contributed by atoms with Crippen LogP contribution in [0.3, 0.4) is 0 Å². The SMILES string of the molecule is CCOc1ccccc1C(=O)/C=C/c1cccc(NC(=O)C(F)(F)F)c1. The highest BCUT2D eigenvalue weighted by molar-refractivity contribution is 6.08. The molecule has 0 radical (unpaired) electrons. The number of carbonyl (C=O) groups is 2. The second kappa shape index (κ2) is 8.33. The minimum Gasteiger partial charge on any atom is -0.493 e. The molecule has 1 amide bonds. The lowest BCUT2D eigenvalue weighted by atomic mass is 10.1. The molecule has 0 aliphatic carbocycles. The van der Waals surface area contributed by atoms with Crippen molar-refractivity contribution in [1.29, 1.82) is 0 Å². The molecule has 0 atom stereocenters. The van der Waals surface area contributed by atoms with Crippen molar-refractivity contribution in [2.24, 2.45) is 0 Å². The largest absolute Gasteiger partial charge is 0.493 e. The molecule has 0 bridgehead atoms. The van der Waals surface area contributed by atoms with Crippen LogP contribution in [0.25, 0.3) is 6.08 Å². The van der Waals surface area contributed by atoms with E-state index in [1.165, 1.54) is 30.4 Å². The lowest BCUT2D eigenvalue weighted by Crippen LogP contribution is -2.29. The Morgan fingerprint density at radius 3 is 2.54 bits per heavy atom. The molecule has 7 heteroatoms. The number of hydrogen-bond donors (Lipinski definition) is 1. The van der Waals surface area contributed by atoms with Crippen LogP contribution in [-0.4, -0.2) is 24.5 Å². The molecular formula is C19H16F3NO3.